The molecule has 1 aliphatic heterocycles. The molecule has 1 saturated heterocycles. The fraction of sp³-hybridized carbons (Fsp3) is 0.238. The summed E-state index contributed by atoms with van der Waals surface area (Å²) < 4.78 is 1.96. The third-order valence-electron chi connectivity index (χ3n) is 4.89. The van der Waals surface area contributed by atoms with E-state index in [1.54, 1.807) is 12.5 Å². The molecule has 4 rings (SSSR count). The van der Waals surface area contributed by atoms with Gasteiger partial charge in [-0.2, -0.15) is 0 Å². The SMILES string of the molecule is O=C(NCc1ccccc1-n1ccnc1)N1CCN(c2ccccc2)CC1. The standard InChI is InChI=1S/C21H23N5O/c27-21(25-14-12-24(13-15-25)19-7-2-1-3-8-19)23-16-18-6-4-5-9-20(18)26-11-10-22-17-26/h1-11,17H,12-16H2,(H,23,27). The number of nitrogens with zero attached hydrogens (tertiary/aromatic N) is 4. The third kappa shape index (κ3) is 3.95. The van der Waals surface area contributed by atoms with E-state index in [4.69, 9.17) is 0 Å². The summed E-state index contributed by atoms with van der Waals surface area (Å²) in [5.74, 6) is 0. The maximum Gasteiger partial charge on any atom is 0.317 e. The zero-order valence-corrected chi connectivity index (χ0v) is 15.2. The normalized spacial score (nSPS) is 14.2. The zero-order valence-electron chi connectivity index (χ0n) is 15.2. The molecule has 0 bridgehead atoms. The minimum atomic E-state index is -0.0110. The van der Waals surface area contributed by atoms with Crippen LogP contribution in [0.2, 0.25) is 0 Å². The Balaban J connectivity index is 1.33. The molecule has 2 amide bonds. The Morgan fingerprint density at radius 1 is 0.963 bits per heavy atom. The lowest BCUT2D eigenvalue weighted by Crippen LogP contribution is -2.51. The van der Waals surface area contributed by atoms with Crippen LogP contribution in [0, 0.1) is 0 Å². The fourth-order valence-electron chi connectivity index (χ4n) is 3.40. The van der Waals surface area contributed by atoms with Crippen LogP contribution in [0.15, 0.2) is 73.3 Å². The Labute approximate surface area is 159 Å². The fourth-order valence-corrected chi connectivity index (χ4v) is 3.40. The maximum atomic E-state index is 12.6. The number of piperazine rings is 1. The van der Waals surface area contributed by atoms with Gasteiger partial charge < -0.3 is 19.7 Å². The molecule has 138 valence electrons. The van der Waals surface area contributed by atoms with Crippen molar-refractivity contribution in [2.45, 2.75) is 6.54 Å². The molecule has 0 aliphatic carbocycles. The monoisotopic (exact) mass is 361 g/mol. The molecular weight excluding hydrogens is 338 g/mol. The van der Waals surface area contributed by atoms with Gasteiger partial charge in [0.15, 0.2) is 0 Å². The Morgan fingerprint density at radius 2 is 1.70 bits per heavy atom. The number of aromatic nitrogens is 2. The Morgan fingerprint density at radius 3 is 2.44 bits per heavy atom. The Hall–Kier alpha value is -3.28. The van der Waals surface area contributed by atoms with Crippen molar-refractivity contribution in [1.82, 2.24) is 19.8 Å². The number of para-hydroxylation sites is 2. The Bertz CT molecular complexity index is 871. The number of carbonyl (C=O) groups is 1. The van der Waals surface area contributed by atoms with Gasteiger partial charge in [-0.3, -0.25) is 0 Å². The van der Waals surface area contributed by atoms with E-state index in [2.05, 4.69) is 27.3 Å². The summed E-state index contributed by atoms with van der Waals surface area (Å²) in [7, 11) is 0. The molecule has 2 heterocycles. The quantitative estimate of drug-likeness (QED) is 0.777. The number of anilines is 1. The second-order valence-corrected chi connectivity index (χ2v) is 6.57. The van der Waals surface area contributed by atoms with Crippen molar-refractivity contribution in [2.75, 3.05) is 31.1 Å². The largest absolute Gasteiger partial charge is 0.368 e. The first-order chi connectivity index (χ1) is 13.3. The molecule has 1 aromatic heterocycles. The summed E-state index contributed by atoms with van der Waals surface area (Å²) in [5, 5.41) is 3.06. The number of imidazole rings is 1. The van der Waals surface area contributed by atoms with Crippen LogP contribution in [-0.4, -0.2) is 46.7 Å². The van der Waals surface area contributed by atoms with Gasteiger partial charge in [-0.15, -0.1) is 0 Å². The third-order valence-corrected chi connectivity index (χ3v) is 4.89. The molecule has 1 fully saturated rings. The van der Waals surface area contributed by atoms with Crippen molar-refractivity contribution in [2.24, 2.45) is 0 Å². The van der Waals surface area contributed by atoms with Crippen LogP contribution in [0.25, 0.3) is 5.69 Å². The number of amides is 2. The van der Waals surface area contributed by atoms with Crippen molar-refractivity contribution < 1.29 is 4.79 Å². The van der Waals surface area contributed by atoms with Gasteiger partial charge in [0.2, 0.25) is 0 Å². The lowest BCUT2D eigenvalue weighted by Gasteiger charge is -2.36. The number of carbonyl (C=O) groups excluding carboxylic acids is 1. The molecule has 3 aromatic rings. The van der Waals surface area contributed by atoms with E-state index >= 15 is 0 Å². The van der Waals surface area contributed by atoms with E-state index in [1.807, 2.05) is 58.1 Å². The minimum absolute atomic E-state index is 0.0110. The van der Waals surface area contributed by atoms with Crippen LogP contribution in [-0.2, 0) is 6.54 Å². The minimum Gasteiger partial charge on any atom is -0.368 e. The van der Waals surface area contributed by atoms with Crippen LogP contribution >= 0.6 is 0 Å². The predicted molar refractivity (Wildman–Crippen MR) is 106 cm³/mol. The van der Waals surface area contributed by atoms with Gasteiger partial charge in [-0.05, 0) is 23.8 Å². The first kappa shape index (κ1) is 17.1. The zero-order chi connectivity index (χ0) is 18.5. The summed E-state index contributed by atoms with van der Waals surface area (Å²) in [4.78, 5) is 20.9. The molecule has 27 heavy (non-hydrogen) atoms. The number of rotatable bonds is 4. The summed E-state index contributed by atoms with van der Waals surface area (Å²) in [5.41, 5.74) is 3.31. The van der Waals surface area contributed by atoms with Crippen LogP contribution in [0.5, 0.6) is 0 Å². The number of benzene rings is 2. The highest BCUT2D eigenvalue weighted by Crippen LogP contribution is 2.16. The van der Waals surface area contributed by atoms with E-state index in [1.165, 1.54) is 5.69 Å². The van der Waals surface area contributed by atoms with Crippen molar-refractivity contribution in [3.8, 4) is 5.69 Å². The molecule has 0 radical (unpaired) electrons. The molecule has 6 nitrogen and oxygen atoms in total. The molecule has 6 heteroatoms. The summed E-state index contributed by atoms with van der Waals surface area (Å²) in [6.07, 6.45) is 5.43. The second-order valence-electron chi connectivity index (χ2n) is 6.57. The van der Waals surface area contributed by atoms with Gasteiger partial charge in [-0.1, -0.05) is 36.4 Å². The van der Waals surface area contributed by atoms with Gasteiger partial charge in [0.05, 0.1) is 12.0 Å². The smallest absolute Gasteiger partial charge is 0.317 e. The first-order valence-corrected chi connectivity index (χ1v) is 9.20. The van der Waals surface area contributed by atoms with Crippen LogP contribution in [0.1, 0.15) is 5.56 Å². The average Bonchev–Trinajstić information content (AvgIpc) is 3.28. The van der Waals surface area contributed by atoms with Crippen molar-refractivity contribution in [1.29, 1.82) is 0 Å². The van der Waals surface area contributed by atoms with Crippen molar-refractivity contribution in [3.63, 3.8) is 0 Å². The highest BCUT2D eigenvalue weighted by molar-refractivity contribution is 5.74. The van der Waals surface area contributed by atoms with E-state index < -0.39 is 0 Å². The van der Waals surface area contributed by atoms with Gasteiger partial charge in [0.1, 0.15) is 0 Å². The lowest BCUT2D eigenvalue weighted by molar-refractivity contribution is 0.194. The average molecular weight is 361 g/mol. The molecule has 2 aromatic carbocycles. The number of hydrogen-bond acceptors (Lipinski definition) is 3. The number of nitrogens with one attached hydrogen (secondary N) is 1. The summed E-state index contributed by atoms with van der Waals surface area (Å²) in [6.45, 7) is 3.64. The van der Waals surface area contributed by atoms with Crippen molar-refractivity contribution >= 4 is 11.7 Å². The van der Waals surface area contributed by atoms with Crippen LogP contribution in [0.4, 0.5) is 10.5 Å². The van der Waals surface area contributed by atoms with Gasteiger partial charge in [0.25, 0.3) is 0 Å². The topological polar surface area (TPSA) is 53.4 Å². The summed E-state index contributed by atoms with van der Waals surface area (Å²) in [6, 6.07) is 18.4. The van der Waals surface area contributed by atoms with Gasteiger partial charge >= 0.3 is 6.03 Å². The van der Waals surface area contributed by atoms with E-state index in [-0.39, 0.29) is 6.03 Å². The Kier molecular flexibility index (Phi) is 5.05. The molecule has 0 saturated carbocycles. The van der Waals surface area contributed by atoms with Gasteiger partial charge in [0, 0.05) is 50.8 Å². The second kappa shape index (κ2) is 7.95. The summed E-state index contributed by atoms with van der Waals surface area (Å²) >= 11 is 0. The van der Waals surface area contributed by atoms with Crippen molar-refractivity contribution in [3.05, 3.63) is 78.9 Å². The predicted octanol–water partition coefficient (Wildman–Crippen LogP) is 2.90. The maximum absolute atomic E-state index is 12.6. The molecular formula is C21H23N5O. The highest BCUT2D eigenvalue weighted by Gasteiger charge is 2.21. The van der Waals surface area contributed by atoms with E-state index in [0.717, 1.165) is 37.4 Å². The van der Waals surface area contributed by atoms with E-state index in [0.29, 0.717) is 6.54 Å². The molecule has 0 atom stereocenters. The lowest BCUT2D eigenvalue weighted by atomic mass is 10.1. The molecule has 0 unspecified atom stereocenters. The number of urea groups is 1. The molecule has 0 spiro atoms. The van der Waals surface area contributed by atoms with Gasteiger partial charge in [-0.25, -0.2) is 9.78 Å². The van der Waals surface area contributed by atoms with E-state index in [9.17, 15) is 4.79 Å². The van der Waals surface area contributed by atoms with Crippen LogP contribution in [0.3, 0.4) is 0 Å². The molecule has 1 N–H and O–H groups in total. The first-order valence-electron chi connectivity index (χ1n) is 9.20. The van der Waals surface area contributed by atoms with Crippen LogP contribution < -0.4 is 10.2 Å². The highest BCUT2D eigenvalue weighted by atomic mass is 16.2. The molecule has 1 aliphatic rings. The number of hydrogen-bond donors (Lipinski definition) is 1.